The van der Waals surface area contributed by atoms with Gasteiger partial charge < -0.3 is 13.7 Å². The van der Waals surface area contributed by atoms with E-state index >= 15 is 0 Å². The zero-order valence-electron chi connectivity index (χ0n) is 12.0. The molecule has 0 aromatic heterocycles. The van der Waals surface area contributed by atoms with E-state index in [4.69, 9.17) is 13.7 Å². The summed E-state index contributed by atoms with van der Waals surface area (Å²) in [5.74, 6) is 0.530. The van der Waals surface area contributed by atoms with Crippen molar-refractivity contribution in [3.8, 4) is 17.2 Å². The fraction of sp³-hybridized carbons (Fsp3) is 0.133. The average Bonchev–Trinajstić information content (AvgIpc) is 2.54. The molecule has 0 atom stereocenters. The van der Waals surface area contributed by atoms with Crippen molar-refractivity contribution in [2.24, 2.45) is 0 Å². The highest BCUT2D eigenvalue weighted by atomic mass is 32.2. The molecule has 22 heavy (non-hydrogen) atoms. The summed E-state index contributed by atoms with van der Waals surface area (Å²) in [7, 11) is -1.26. The number of carbonyl (C=O) groups is 1. The molecule has 2 aromatic carbocycles. The summed E-state index contributed by atoms with van der Waals surface area (Å²) in [6.45, 7) is 0. The summed E-state index contributed by atoms with van der Waals surface area (Å²) in [4.78, 5) is 11.0. The Morgan fingerprint density at radius 2 is 1.64 bits per heavy atom. The van der Waals surface area contributed by atoms with Crippen molar-refractivity contribution in [1.29, 1.82) is 0 Å². The van der Waals surface area contributed by atoms with E-state index in [-0.39, 0.29) is 22.0 Å². The quantitative estimate of drug-likeness (QED) is 0.600. The van der Waals surface area contributed by atoms with Gasteiger partial charge in [0.2, 0.25) is 0 Å². The topological polar surface area (TPSA) is 78.9 Å². The van der Waals surface area contributed by atoms with Gasteiger partial charge in [-0.15, -0.1) is 0 Å². The second-order valence-corrected chi connectivity index (χ2v) is 5.76. The summed E-state index contributed by atoms with van der Waals surface area (Å²) >= 11 is 0. The van der Waals surface area contributed by atoms with Gasteiger partial charge in [0.1, 0.15) is 10.6 Å². The first-order valence-corrected chi connectivity index (χ1v) is 7.63. The Labute approximate surface area is 128 Å². The molecule has 0 saturated heterocycles. The van der Waals surface area contributed by atoms with Crippen molar-refractivity contribution in [2.45, 2.75) is 4.90 Å². The normalized spacial score (nSPS) is 10.8. The molecule has 0 spiro atoms. The molecule has 0 fully saturated rings. The van der Waals surface area contributed by atoms with Crippen LogP contribution in [0.4, 0.5) is 0 Å². The van der Waals surface area contributed by atoms with E-state index in [1.165, 1.54) is 50.6 Å². The molecule has 0 saturated carbocycles. The van der Waals surface area contributed by atoms with Crippen molar-refractivity contribution < 1.29 is 26.9 Å². The van der Waals surface area contributed by atoms with Crippen molar-refractivity contribution in [3.05, 3.63) is 48.0 Å². The van der Waals surface area contributed by atoms with Gasteiger partial charge >= 0.3 is 10.1 Å². The number of carbonyl (C=O) groups excluding carboxylic acids is 1. The number of rotatable bonds is 6. The monoisotopic (exact) mass is 322 g/mol. The molecule has 0 amide bonds. The maximum absolute atomic E-state index is 12.3. The lowest BCUT2D eigenvalue weighted by Gasteiger charge is -2.12. The van der Waals surface area contributed by atoms with E-state index < -0.39 is 10.1 Å². The highest BCUT2D eigenvalue weighted by Gasteiger charge is 2.21. The van der Waals surface area contributed by atoms with Crippen LogP contribution in [-0.4, -0.2) is 28.9 Å². The number of aldehydes is 1. The summed E-state index contributed by atoms with van der Waals surface area (Å²) in [6, 6.07) is 10.2. The lowest BCUT2D eigenvalue weighted by Crippen LogP contribution is -2.11. The van der Waals surface area contributed by atoms with Crippen LogP contribution in [0.1, 0.15) is 10.4 Å². The van der Waals surface area contributed by atoms with Gasteiger partial charge in [-0.05, 0) is 36.4 Å². The van der Waals surface area contributed by atoms with Gasteiger partial charge in [-0.2, -0.15) is 8.42 Å². The number of ether oxygens (including phenoxy) is 2. The van der Waals surface area contributed by atoms with Gasteiger partial charge in [-0.1, -0.05) is 6.07 Å². The first kappa shape index (κ1) is 15.8. The zero-order chi connectivity index (χ0) is 16.2. The van der Waals surface area contributed by atoms with E-state index in [1.54, 1.807) is 6.07 Å². The van der Waals surface area contributed by atoms with Gasteiger partial charge in [0.15, 0.2) is 17.8 Å². The largest absolute Gasteiger partial charge is 0.497 e. The van der Waals surface area contributed by atoms with Crippen molar-refractivity contribution in [3.63, 3.8) is 0 Å². The molecule has 2 aromatic rings. The molecule has 0 unspecified atom stereocenters. The molecule has 0 bridgehead atoms. The van der Waals surface area contributed by atoms with Crippen LogP contribution < -0.4 is 13.7 Å². The van der Waals surface area contributed by atoms with Crippen molar-refractivity contribution in [1.82, 2.24) is 0 Å². The Kier molecular flexibility index (Phi) is 4.67. The minimum atomic E-state index is -4.10. The van der Waals surface area contributed by atoms with Gasteiger partial charge in [-0.25, -0.2) is 0 Å². The van der Waals surface area contributed by atoms with Crippen LogP contribution in [0.2, 0.25) is 0 Å². The van der Waals surface area contributed by atoms with Crippen molar-refractivity contribution >= 4 is 16.4 Å². The summed E-state index contributed by atoms with van der Waals surface area (Å²) < 4.78 is 39.7. The number of methoxy groups -OCH3 is 2. The SMILES string of the molecule is COc1ccc(S(=O)(=O)Oc2c(C=O)cccc2OC)cc1. The van der Waals surface area contributed by atoms with Crippen molar-refractivity contribution in [2.75, 3.05) is 14.2 Å². The Balaban J connectivity index is 2.42. The molecule has 0 aliphatic carbocycles. The number of hydrogen-bond acceptors (Lipinski definition) is 6. The third-order valence-corrected chi connectivity index (χ3v) is 4.13. The Morgan fingerprint density at radius 3 is 2.18 bits per heavy atom. The van der Waals surface area contributed by atoms with Crippen LogP contribution in [0, 0.1) is 0 Å². The molecule has 2 rings (SSSR count). The van der Waals surface area contributed by atoms with E-state index in [9.17, 15) is 13.2 Å². The highest BCUT2D eigenvalue weighted by Crippen LogP contribution is 2.32. The summed E-state index contributed by atoms with van der Waals surface area (Å²) in [5.41, 5.74) is 0.0800. The first-order valence-electron chi connectivity index (χ1n) is 6.22. The second kappa shape index (κ2) is 6.48. The van der Waals surface area contributed by atoms with E-state index in [1.807, 2.05) is 0 Å². The van der Waals surface area contributed by atoms with Crippen LogP contribution >= 0.6 is 0 Å². The predicted octanol–water partition coefficient (Wildman–Crippen LogP) is 2.28. The third kappa shape index (κ3) is 3.20. The molecular weight excluding hydrogens is 308 g/mol. The van der Waals surface area contributed by atoms with Crippen LogP contribution in [0.3, 0.4) is 0 Å². The number of hydrogen-bond donors (Lipinski definition) is 0. The maximum Gasteiger partial charge on any atom is 0.339 e. The molecule has 0 N–H and O–H groups in total. The Bertz CT molecular complexity index is 765. The van der Waals surface area contributed by atoms with Crippen LogP contribution in [-0.2, 0) is 10.1 Å². The Hall–Kier alpha value is -2.54. The van der Waals surface area contributed by atoms with Crippen LogP contribution in [0.25, 0.3) is 0 Å². The standard InChI is InChI=1S/C15H14O6S/c1-19-12-6-8-13(9-7-12)22(17,18)21-15-11(10-16)4-3-5-14(15)20-2/h3-10H,1-2H3. The highest BCUT2D eigenvalue weighted by molar-refractivity contribution is 7.87. The molecular formula is C15H14O6S. The maximum atomic E-state index is 12.3. The zero-order valence-corrected chi connectivity index (χ0v) is 12.8. The lowest BCUT2D eigenvalue weighted by atomic mass is 10.2. The van der Waals surface area contributed by atoms with Gasteiger partial charge in [0.25, 0.3) is 0 Å². The molecule has 0 radical (unpaired) electrons. The number of para-hydroxylation sites is 1. The minimum Gasteiger partial charge on any atom is -0.497 e. The molecule has 0 aliphatic rings. The van der Waals surface area contributed by atoms with E-state index in [0.29, 0.717) is 12.0 Å². The number of benzene rings is 2. The minimum absolute atomic E-state index is 0.0592. The first-order chi connectivity index (χ1) is 10.5. The molecule has 0 heterocycles. The van der Waals surface area contributed by atoms with Crippen LogP contribution in [0.15, 0.2) is 47.4 Å². The lowest BCUT2D eigenvalue weighted by molar-refractivity contribution is 0.112. The van der Waals surface area contributed by atoms with E-state index in [2.05, 4.69) is 0 Å². The predicted molar refractivity (Wildman–Crippen MR) is 79.2 cm³/mol. The van der Waals surface area contributed by atoms with Gasteiger partial charge in [-0.3, -0.25) is 4.79 Å². The average molecular weight is 322 g/mol. The summed E-state index contributed by atoms with van der Waals surface area (Å²) in [5, 5.41) is 0. The molecule has 0 aliphatic heterocycles. The third-order valence-electron chi connectivity index (χ3n) is 2.90. The van der Waals surface area contributed by atoms with Gasteiger partial charge in [0.05, 0.1) is 19.8 Å². The van der Waals surface area contributed by atoms with Crippen LogP contribution in [0.5, 0.6) is 17.2 Å². The smallest absolute Gasteiger partial charge is 0.339 e. The molecule has 116 valence electrons. The fourth-order valence-corrected chi connectivity index (χ4v) is 2.74. The summed E-state index contributed by atoms with van der Waals surface area (Å²) in [6.07, 6.45) is 0.501. The fourth-order valence-electron chi connectivity index (χ4n) is 1.78. The molecule has 6 nitrogen and oxygen atoms in total. The Morgan fingerprint density at radius 1 is 0.955 bits per heavy atom. The van der Waals surface area contributed by atoms with Gasteiger partial charge in [0, 0.05) is 0 Å². The second-order valence-electron chi connectivity index (χ2n) is 4.21. The van der Waals surface area contributed by atoms with E-state index in [0.717, 1.165) is 0 Å². The molecule has 7 heteroatoms.